The van der Waals surface area contributed by atoms with Crippen molar-refractivity contribution in [3.63, 3.8) is 0 Å². The molecule has 0 saturated carbocycles. The molecule has 88 valence electrons. The third kappa shape index (κ3) is 2.47. The number of rotatable bonds is 3. The van der Waals surface area contributed by atoms with E-state index in [2.05, 4.69) is 17.2 Å². The van der Waals surface area contributed by atoms with Crippen molar-refractivity contribution in [2.24, 2.45) is 0 Å². The molecule has 0 bridgehead atoms. The Morgan fingerprint density at radius 1 is 1.50 bits per heavy atom. The molecule has 1 aromatic rings. The zero-order valence-electron chi connectivity index (χ0n) is 9.50. The maximum atomic E-state index is 6.11. The molecule has 4 heteroatoms. The third-order valence-corrected chi connectivity index (χ3v) is 3.64. The largest absolute Gasteiger partial charge is 0.381 e. The van der Waals surface area contributed by atoms with Crippen molar-refractivity contribution in [3.8, 4) is 0 Å². The second-order valence-corrected chi connectivity index (χ2v) is 4.61. The number of hydrogen-bond donors (Lipinski definition) is 1. The average molecular weight is 241 g/mol. The van der Waals surface area contributed by atoms with E-state index in [1.807, 2.05) is 12.3 Å². The number of hydrogen-bond acceptors (Lipinski definition) is 3. The molecule has 0 aliphatic carbocycles. The Balaban J connectivity index is 2.15. The predicted molar refractivity (Wildman–Crippen MR) is 66.1 cm³/mol. The summed E-state index contributed by atoms with van der Waals surface area (Å²) in [7, 11) is 0. The van der Waals surface area contributed by atoms with Crippen LogP contribution < -0.4 is 5.32 Å². The van der Waals surface area contributed by atoms with Crippen LogP contribution in [0.4, 0.5) is 5.69 Å². The SMILES string of the molecule is Cc1cnccc1NC1(CCl)CCOCC1. The fourth-order valence-corrected chi connectivity index (χ4v) is 2.29. The van der Waals surface area contributed by atoms with Gasteiger partial charge in [-0.05, 0) is 31.4 Å². The molecule has 0 radical (unpaired) electrons. The van der Waals surface area contributed by atoms with Crippen LogP contribution in [0.15, 0.2) is 18.5 Å². The van der Waals surface area contributed by atoms with Gasteiger partial charge in [-0.25, -0.2) is 0 Å². The van der Waals surface area contributed by atoms with E-state index in [0.29, 0.717) is 5.88 Å². The Labute approximate surface area is 101 Å². The van der Waals surface area contributed by atoms with Crippen LogP contribution in [0, 0.1) is 6.92 Å². The Bertz CT molecular complexity index is 351. The minimum absolute atomic E-state index is 0.0219. The molecule has 1 aliphatic heterocycles. The van der Waals surface area contributed by atoms with Gasteiger partial charge in [-0.2, -0.15) is 0 Å². The van der Waals surface area contributed by atoms with Crippen LogP contribution in [-0.4, -0.2) is 29.6 Å². The van der Waals surface area contributed by atoms with Gasteiger partial charge in [0.15, 0.2) is 0 Å². The lowest BCUT2D eigenvalue weighted by Gasteiger charge is -2.37. The molecule has 2 heterocycles. The summed E-state index contributed by atoms with van der Waals surface area (Å²) in [4.78, 5) is 4.09. The van der Waals surface area contributed by atoms with Gasteiger partial charge in [-0.15, -0.1) is 11.6 Å². The van der Waals surface area contributed by atoms with Crippen LogP contribution in [0.5, 0.6) is 0 Å². The first-order chi connectivity index (χ1) is 7.76. The van der Waals surface area contributed by atoms with Crippen molar-refractivity contribution in [2.45, 2.75) is 25.3 Å². The van der Waals surface area contributed by atoms with Crippen LogP contribution >= 0.6 is 11.6 Å². The Hall–Kier alpha value is -0.800. The number of nitrogens with zero attached hydrogens (tertiary/aromatic N) is 1. The number of alkyl halides is 1. The molecule has 3 nitrogen and oxygen atoms in total. The van der Waals surface area contributed by atoms with E-state index >= 15 is 0 Å². The van der Waals surface area contributed by atoms with E-state index in [9.17, 15) is 0 Å². The number of ether oxygens (including phenoxy) is 1. The van der Waals surface area contributed by atoms with Crippen LogP contribution in [0.3, 0.4) is 0 Å². The highest BCUT2D eigenvalue weighted by atomic mass is 35.5. The van der Waals surface area contributed by atoms with Gasteiger partial charge >= 0.3 is 0 Å². The number of aromatic nitrogens is 1. The Morgan fingerprint density at radius 2 is 2.25 bits per heavy atom. The standard InChI is InChI=1S/C12H17ClN2O/c1-10-8-14-5-2-11(10)15-12(9-13)3-6-16-7-4-12/h2,5,8H,3-4,6-7,9H2,1H3,(H,14,15). The highest BCUT2D eigenvalue weighted by molar-refractivity contribution is 6.18. The summed E-state index contributed by atoms with van der Waals surface area (Å²) < 4.78 is 5.38. The number of halogens is 1. The van der Waals surface area contributed by atoms with Crippen LogP contribution in [0.25, 0.3) is 0 Å². The first kappa shape index (κ1) is 11.7. The monoisotopic (exact) mass is 240 g/mol. The first-order valence-corrected chi connectivity index (χ1v) is 6.12. The molecule has 2 rings (SSSR count). The molecule has 0 amide bonds. The van der Waals surface area contributed by atoms with Crippen LogP contribution in [0.1, 0.15) is 18.4 Å². The zero-order valence-corrected chi connectivity index (χ0v) is 10.3. The zero-order chi connectivity index (χ0) is 11.4. The molecule has 1 saturated heterocycles. The molecule has 1 N–H and O–H groups in total. The van der Waals surface area contributed by atoms with Gasteiger partial charge in [0, 0.05) is 37.2 Å². The molecule has 0 spiro atoms. The van der Waals surface area contributed by atoms with E-state index < -0.39 is 0 Å². The summed E-state index contributed by atoms with van der Waals surface area (Å²) in [6, 6.07) is 2.00. The second-order valence-electron chi connectivity index (χ2n) is 4.34. The maximum absolute atomic E-state index is 6.11. The summed E-state index contributed by atoms with van der Waals surface area (Å²) in [6.07, 6.45) is 5.58. The van der Waals surface area contributed by atoms with Crippen molar-refractivity contribution in [2.75, 3.05) is 24.4 Å². The minimum Gasteiger partial charge on any atom is -0.381 e. The lowest BCUT2D eigenvalue weighted by atomic mass is 9.91. The Morgan fingerprint density at radius 3 is 2.88 bits per heavy atom. The summed E-state index contributed by atoms with van der Waals surface area (Å²) >= 11 is 6.11. The lowest BCUT2D eigenvalue weighted by Crippen LogP contribution is -2.45. The number of aryl methyl sites for hydroxylation is 1. The topological polar surface area (TPSA) is 34.2 Å². The average Bonchev–Trinajstić information content (AvgIpc) is 2.33. The molecule has 1 aromatic heterocycles. The fraction of sp³-hybridized carbons (Fsp3) is 0.583. The summed E-state index contributed by atoms with van der Waals surface area (Å²) in [5, 5.41) is 3.56. The number of pyridine rings is 1. The van der Waals surface area contributed by atoms with Gasteiger partial charge in [0.05, 0.1) is 5.54 Å². The van der Waals surface area contributed by atoms with Crippen LogP contribution in [0.2, 0.25) is 0 Å². The van der Waals surface area contributed by atoms with Crippen molar-refractivity contribution < 1.29 is 4.74 Å². The Kier molecular flexibility index (Phi) is 3.66. The molecule has 1 aliphatic rings. The molecular formula is C12H17ClN2O. The van der Waals surface area contributed by atoms with E-state index in [-0.39, 0.29) is 5.54 Å². The smallest absolute Gasteiger partial charge is 0.0552 e. The van der Waals surface area contributed by atoms with E-state index in [4.69, 9.17) is 16.3 Å². The van der Waals surface area contributed by atoms with Crippen molar-refractivity contribution in [3.05, 3.63) is 24.0 Å². The maximum Gasteiger partial charge on any atom is 0.0552 e. The highest BCUT2D eigenvalue weighted by Gasteiger charge is 2.31. The third-order valence-electron chi connectivity index (χ3n) is 3.13. The molecule has 16 heavy (non-hydrogen) atoms. The number of nitrogens with one attached hydrogen (secondary N) is 1. The second kappa shape index (κ2) is 5.02. The van der Waals surface area contributed by atoms with Crippen molar-refractivity contribution >= 4 is 17.3 Å². The minimum atomic E-state index is -0.0219. The summed E-state index contributed by atoms with van der Waals surface area (Å²) in [6.45, 7) is 3.62. The molecule has 0 unspecified atom stereocenters. The first-order valence-electron chi connectivity index (χ1n) is 5.58. The fourth-order valence-electron chi connectivity index (χ4n) is 1.95. The normalized spacial score (nSPS) is 19.4. The van der Waals surface area contributed by atoms with Gasteiger partial charge in [0.1, 0.15) is 0 Å². The van der Waals surface area contributed by atoms with E-state index in [0.717, 1.165) is 37.3 Å². The van der Waals surface area contributed by atoms with Gasteiger partial charge in [0.25, 0.3) is 0 Å². The molecular weight excluding hydrogens is 224 g/mol. The highest BCUT2D eigenvalue weighted by Crippen LogP contribution is 2.28. The predicted octanol–water partition coefficient (Wildman–Crippen LogP) is 2.59. The van der Waals surface area contributed by atoms with Crippen LogP contribution in [-0.2, 0) is 4.74 Å². The van der Waals surface area contributed by atoms with E-state index in [1.54, 1.807) is 6.20 Å². The van der Waals surface area contributed by atoms with Gasteiger partial charge in [0.2, 0.25) is 0 Å². The molecule has 0 atom stereocenters. The molecule has 1 fully saturated rings. The van der Waals surface area contributed by atoms with Crippen molar-refractivity contribution in [1.29, 1.82) is 0 Å². The van der Waals surface area contributed by atoms with Gasteiger partial charge in [-0.1, -0.05) is 0 Å². The van der Waals surface area contributed by atoms with Gasteiger partial charge < -0.3 is 10.1 Å². The quantitative estimate of drug-likeness (QED) is 0.825. The number of anilines is 1. The van der Waals surface area contributed by atoms with E-state index in [1.165, 1.54) is 0 Å². The summed E-state index contributed by atoms with van der Waals surface area (Å²) in [5.74, 6) is 0.609. The lowest BCUT2D eigenvalue weighted by molar-refractivity contribution is 0.0667. The van der Waals surface area contributed by atoms with Gasteiger partial charge in [-0.3, -0.25) is 4.98 Å². The molecule has 0 aromatic carbocycles. The van der Waals surface area contributed by atoms with Crippen molar-refractivity contribution in [1.82, 2.24) is 4.98 Å². The summed E-state index contributed by atoms with van der Waals surface area (Å²) in [5.41, 5.74) is 2.25.